The fourth-order valence-electron chi connectivity index (χ4n) is 4.16. The molecular weight excluding hydrogens is 365 g/mol. The Morgan fingerprint density at radius 3 is 2.79 bits per heavy atom. The highest BCUT2D eigenvalue weighted by Gasteiger charge is 2.31. The number of rotatable bonds is 8. The summed E-state index contributed by atoms with van der Waals surface area (Å²) in [5, 5.41) is 3.23. The van der Waals surface area contributed by atoms with Gasteiger partial charge in [0.2, 0.25) is 5.91 Å². The first-order valence-electron chi connectivity index (χ1n) is 10.3. The Morgan fingerprint density at radius 2 is 2.04 bits per heavy atom. The summed E-state index contributed by atoms with van der Waals surface area (Å²) in [6, 6.07) is 5.66. The molecule has 1 aromatic carbocycles. The number of nitrogens with one attached hydrogen (secondary N) is 1. The molecule has 1 aliphatic heterocycles. The van der Waals surface area contributed by atoms with Crippen molar-refractivity contribution in [1.82, 2.24) is 10.2 Å². The maximum atomic E-state index is 12.8. The van der Waals surface area contributed by atoms with E-state index in [9.17, 15) is 18.0 Å². The van der Waals surface area contributed by atoms with Crippen LogP contribution in [-0.4, -0.2) is 29.9 Å². The molecular formula is C22H29F3N2O. The molecule has 0 bridgehead atoms. The van der Waals surface area contributed by atoms with Crippen molar-refractivity contribution in [3.63, 3.8) is 0 Å². The van der Waals surface area contributed by atoms with E-state index in [1.54, 1.807) is 6.07 Å². The minimum atomic E-state index is -4.31. The molecule has 1 atom stereocenters. The van der Waals surface area contributed by atoms with Gasteiger partial charge < -0.3 is 10.2 Å². The molecule has 0 radical (unpaired) electrons. The Hall–Kier alpha value is -1.82. The first-order chi connectivity index (χ1) is 13.4. The average molecular weight is 394 g/mol. The number of hydrogen-bond donors (Lipinski definition) is 1. The summed E-state index contributed by atoms with van der Waals surface area (Å²) < 4.78 is 38.4. The van der Waals surface area contributed by atoms with Gasteiger partial charge in [-0.15, -0.1) is 0 Å². The van der Waals surface area contributed by atoms with Gasteiger partial charge in [-0.1, -0.05) is 29.8 Å². The van der Waals surface area contributed by atoms with Gasteiger partial charge in [-0.2, -0.15) is 13.2 Å². The number of alkyl halides is 3. The van der Waals surface area contributed by atoms with Gasteiger partial charge in [0.1, 0.15) is 0 Å². The molecule has 1 fully saturated rings. The van der Waals surface area contributed by atoms with Crippen molar-refractivity contribution in [3.8, 4) is 0 Å². The van der Waals surface area contributed by atoms with E-state index >= 15 is 0 Å². The van der Waals surface area contributed by atoms with Gasteiger partial charge in [0.05, 0.1) is 5.56 Å². The molecule has 154 valence electrons. The Morgan fingerprint density at radius 1 is 1.18 bits per heavy atom. The predicted octanol–water partition coefficient (Wildman–Crippen LogP) is 5.07. The van der Waals surface area contributed by atoms with Crippen LogP contribution in [0.4, 0.5) is 13.2 Å². The molecule has 1 aliphatic carbocycles. The molecule has 1 N–H and O–H groups in total. The zero-order valence-corrected chi connectivity index (χ0v) is 16.2. The summed E-state index contributed by atoms with van der Waals surface area (Å²) >= 11 is 0. The maximum absolute atomic E-state index is 12.8. The molecule has 3 nitrogen and oxygen atoms in total. The number of likely N-dealkylation sites (tertiary alicyclic amines) is 1. The van der Waals surface area contributed by atoms with Gasteiger partial charge in [0.25, 0.3) is 0 Å². The van der Waals surface area contributed by atoms with Crippen LogP contribution in [0.1, 0.15) is 62.5 Å². The number of nitrogens with zero attached hydrogens (tertiary/aromatic N) is 1. The summed E-state index contributed by atoms with van der Waals surface area (Å²) in [5.74, 6) is 0.235. The van der Waals surface area contributed by atoms with E-state index in [1.807, 2.05) is 4.90 Å². The number of carbonyl (C=O) groups is 1. The maximum Gasteiger partial charge on any atom is 0.416 e. The summed E-state index contributed by atoms with van der Waals surface area (Å²) in [4.78, 5) is 14.2. The van der Waals surface area contributed by atoms with E-state index in [4.69, 9.17) is 0 Å². The smallest absolute Gasteiger partial charge is 0.339 e. The molecule has 3 rings (SSSR count). The van der Waals surface area contributed by atoms with Gasteiger partial charge in [-0.05, 0) is 63.1 Å². The van der Waals surface area contributed by atoms with Gasteiger partial charge in [-0.3, -0.25) is 4.79 Å². The molecule has 1 saturated heterocycles. The fraction of sp³-hybridized carbons (Fsp3) is 0.591. The number of halogens is 3. The summed E-state index contributed by atoms with van der Waals surface area (Å²) in [5.41, 5.74) is 1.49. The van der Waals surface area contributed by atoms with E-state index in [0.29, 0.717) is 25.1 Å². The van der Waals surface area contributed by atoms with Crippen molar-refractivity contribution in [2.24, 2.45) is 0 Å². The zero-order chi connectivity index (χ0) is 20.0. The van der Waals surface area contributed by atoms with Crippen LogP contribution >= 0.6 is 0 Å². The van der Waals surface area contributed by atoms with Crippen LogP contribution in [0, 0.1) is 0 Å². The minimum absolute atomic E-state index is 0.235. The highest BCUT2D eigenvalue weighted by Crippen LogP contribution is 2.29. The topological polar surface area (TPSA) is 32.3 Å². The SMILES string of the molecule is O=C1CC[C@H](CCNCc2cccc(C(F)(F)F)c2)N1CCC1=CCCCC1. The van der Waals surface area contributed by atoms with E-state index in [0.717, 1.165) is 44.7 Å². The van der Waals surface area contributed by atoms with E-state index in [1.165, 1.54) is 30.5 Å². The first kappa shape index (κ1) is 20.9. The third kappa shape index (κ3) is 5.84. The van der Waals surface area contributed by atoms with Crippen molar-refractivity contribution in [2.45, 2.75) is 70.1 Å². The Balaban J connectivity index is 1.43. The van der Waals surface area contributed by atoms with Crippen LogP contribution in [0.25, 0.3) is 0 Å². The number of hydrogen-bond acceptors (Lipinski definition) is 2. The lowest BCUT2D eigenvalue weighted by Crippen LogP contribution is -2.36. The molecule has 6 heteroatoms. The van der Waals surface area contributed by atoms with Crippen LogP contribution < -0.4 is 5.32 Å². The summed E-state index contributed by atoms with van der Waals surface area (Å²) in [7, 11) is 0. The molecule has 0 aromatic heterocycles. The number of carbonyl (C=O) groups excluding carboxylic acids is 1. The third-order valence-corrected chi connectivity index (χ3v) is 5.75. The van der Waals surface area contributed by atoms with Crippen molar-refractivity contribution in [3.05, 3.63) is 47.0 Å². The van der Waals surface area contributed by atoms with Crippen LogP contribution in [0.3, 0.4) is 0 Å². The van der Waals surface area contributed by atoms with Crippen LogP contribution in [0.15, 0.2) is 35.9 Å². The average Bonchev–Trinajstić information content (AvgIpc) is 3.03. The minimum Gasteiger partial charge on any atom is -0.339 e. The van der Waals surface area contributed by atoms with Crippen LogP contribution in [0.2, 0.25) is 0 Å². The quantitative estimate of drug-likeness (QED) is 0.493. The van der Waals surface area contributed by atoms with Gasteiger partial charge in [0.15, 0.2) is 0 Å². The molecule has 1 aromatic rings. The Bertz CT molecular complexity index is 699. The van der Waals surface area contributed by atoms with Gasteiger partial charge in [-0.25, -0.2) is 0 Å². The van der Waals surface area contributed by atoms with E-state index in [-0.39, 0.29) is 11.9 Å². The van der Waals surface area contributed by atoms with E-state index < -0.39 is 11.7 Å². The normalized spacial score (nSPS) is 20.5. The Labute approximate surface area is 165 Å². The monoisotopic (exact) mass is 394 g/mol. The zero-order valence-electron chi connectivity index (χ0n) is 16.2. The standard InChI is InChI=1S/C22H29F3N2O/c23-22(24,25)19-8-4-7-18(15-19)16-26-13-11-20-9-10-21(28)27(20)14-12-17-5-2-1-3-6-17/h4-5,7-8,15,20,26H,1-3,6,9-14,16H2/t20-/m1/s1. The van der Waals surface area contributed by atoms with Crippen molar-refractivity contribution < 1.29 is 18.0 Å². The molecule has 0 spiro atoms. The number of benzene rings is 1. The second kappa shape index (κ2) is 9.59. The largest absolute Gasteiger partial charge is 0.416 e. The Kier molecular flexibility index (Phi) is 7.16. The molecule has 0 saturated carbocycles. The van der Waals surface area contributed by atoms with Gasteiger partial charge in [0, 0.05) is 25.6 Å². The molecule has 1 heterocycles. The number of allylic oxidation sites excluding steroid dienone is 1. The van der Waals surface area contributed by atoms with Crippen molar-refractivity contribution >= 4 is 5.91 Å². The summed E-state index contributed by atoms with van der Waals surface area (Å²) in [6.45, 7) is 1.88. The second-order valence-electron chi connectivity index (χ2n) is 7.80. The lowest BCUT2D eigenvalue weighted by Gasteiger charge is -2.26. The lowest BCUT2D eigenvalue weighted by atomic mass is 9.97. The fourth-order valence-corrected chi connectivity index (χ4v) is 4.16. The van der Waals surface area contributed by atoms with Crippen molar-refractivity contribution in [2.75, 3.05) is 13.1 Å². The van der Waals surface area contributed by atoms with E-state index in [2.05, 4.69) is 11.4 Å². The molecule has 1 amide bonds. The molecule has 2 aliphatic rings. The number of amides is 1. The van der Waals surface area contributed by atoms with Crippen LogP contribution in [0.5, 0.6) is 0 Å². The molecule has 28 heavy (non-hydrogen) atoms. The highest BCUT2D eigenvalue weighted by atomic mass is 19.4. The highest BCUT2D eigenvalue weighted by molar-refractivity contribution is 5.78. The predicted molar refractivity (Wildman–Crippen MR) is 104 cm³/mol. The first-order valence-corrected chi connectivity index (χ1v) is 10.3. The van der Waals surface area contributed by atoms with Crippen LogP contribution in [-0.2, 0) is 17.5 Å². The van der Waals surface area contributed by atoms with Crippen molar-refractivity contribution in [1.29, 1.82) is 0 Å². The summed E-state index contributed by atoms with van der Waals surface area (Å²) in [6.07, 6.45) is 6.15. The van der Waals surface area contributed by atoms with Gasteiger partial charge >= 0.3 is 6.18 Å². The third-order valence-electron chi connectivity index (χ3n) is 5.75. The second-order valence-corrected chi connectivity index (χ2v) is 7.80. The lowest BCUT2D eigenvalue weighted by molar-refractivity contribution is -0.137. The molecule has 0 unspecified atom stereocenters.